The summed E-state index contributed by atoms with van der Waals surface area (Å²) in [5, 5.41) is 8.56. The number of benzene rings is 1. The van der Waals surface area contributed by atoms with Crippen molar-refractivity contribution in [1.29, 1.82) is 0 Å². The third-order valence-corrected chi connectivity index (χ3v) is 6.06. The second kappa shape index (κ2) is 8.44. The zero-order valence-electron chi connectivity index (χ0n) is 17.2. The van der Waals surface area contributed by atoms with Crippen LogP contribution in [0.2, 0.25) is 0 Å². The molecule has 0 atom stereocenters. The van der Waals surface area contributed by atoms with Gasteiger partial charge in [0.25, 0.3) is 5.91 Å². The topological polar surface area (TPSA) is 126 Å². The summed E-state index contributed by atoms with van der Waals surface area (Å²) >= 11 is 1.45. The molecule has 5 N–H and O–H groups in total. The number of thiazole rings is 1. The molecule has 0 radical (unpaired) electrons. The Hall–Kier alpha value is -3.31. The Morgan fingerprint density at radius 3 is 2.77 bits per heavy atom. The molecule has 1 amide bonds. The van der Waals surface area contributed by atoms with Gasteiger partial charge in [-0.3, -0.25) is 9.80 Å². The van der Waals surface area contributed by atoms with E-state index in [-0.39, 0.29) is 24.7 Å². The summed E-state index contributed by atoms with van der Waals surface area (Å²) in [6.45, 7) is 5.65. The first-order chi connectivity index (χ1) is 14.9. The molecule has 0 bridgehead atoms. The van der Waals surface area contributed by atoms with Crippen LogP contribution in [0.5, 0.6) is 0 Å². The molecule has 4 rings (SSSR count). The zero-order chi connectivity index (χ0) is 22.1. The molecule has 1 saturated heterocycles. The van der Waals surface area contributed by atoms with E-state index in [0.29, 0.717) is 11.2 Å². The van der Waals surface area contributed by atoms with Crippen molar-refractivity contribution in [3.63, 3.8) is 0 Å². The van der Waals surface area contributed by atoms with Crippen molar-refractivity contribution in [3.05, 3.63) is 47.4 Å². The number of nitrogens with one attached hydrogen (secondary N) is 1. The Balaban J connectivity index is 0.00000289. The average Bonchev–Trinajstić information content (AvgIpc) is 3.08. The molecule has 1 fully saturated rings. The van der Waals surface area contributed by atoms with Crippen LogP contribution in [-0.2, 0) is 0 Å². The highest BCUT2D eigenvalue weighted by Crippen LogP contribution is 2.32. The van der Waals surface area contributed by atoms with Gasteiger partial charge in [0.05, 0.1) is 15.8 Å². The highest BCUT2D eigenvalue weighted by molar-refractivity contribution is 7.22. The fourth-order valence-corrected chi connectivity index (χ4v) is 4.11. The fraction of sp³-hybridized carbons (Fsp3) is 0.300. The van der Waals surface area contributed by atoms with Crippen molar-refractivity contribution in [3.8, 4) is 0 Å². The highest BCUT2D eigenvalue weighted by atomic mass is 32.1. The lowest BCUT2D eigenvalue weighted by Gasteiger charge is -2.30. The molecule has 164 valence electrons. The van der Waals surface area contributed by atoms with Crippen LogP contribution in [0.1, 0.15) is 37.7 Å². The van der Waals surface area contributed by atoms with Crippen molar-refractivity contribution < 1.29 is 10.6 Å². The van der Waals surface area contributed by atoms with E-state index in [1.54, 1.807) is 18.2 Å². The third kappa shape index (κ3) is 4.14. The molecule has 1 aromatic carbocycles. The van der Waals surface area contributed by atoms with Gasteiger partial charge in [-0.2, -0.15) is 5.10 Å². The van der Waals surface area contributed by atoms with Crippen LogP contribution in [0.25, 0.3) is 10.2 Å². The molecular formula is C20H25FN8OS. The van der Waals surface area contributed by atoms with Gasteiger partial charge < -0.3 is 16.1 Å². The van der Waals surface area contributed by atoms with Gasteiger partial charge in [-0.05, 0) is 38.5 Å². The van der Waals surface area contributed by atoms with Crippen molar-refractivity contribution in [2.24, 2.45) is 16.8 Å². The van der Waals surface area contributed by atoms with Crippen LogP contribution in [0.3, 0.4) is 0 Å². The Kier molecular flexibility index (Phi) is 5.70. The van der Waals surface area contributed by atoms with Crippen molar-refractivity contribution >= 4 is 44.2 Å². The van der Waals surface area contributed by atoms with Gasteiger partial charge in [-0.15, -0.1) is 0 Å². The fourth-order valence-electron chi connectivity index (χ4n) is 3.08. The number of aromatic nitrogens is 2. The van der Waals surface area contributed by atoms with Crippen LogP contribution in [0, 0.1) is 5.82 Å². The SMILES string of the molecule is CC(C)N(N)/C(=N\N)c1cccc(NC(=O)c2cc3sc(N4CCC4)nc3cc2F)n1.[HH]. The maximum absolute atomic E-state index is 14.6. The maximum atomic E-state index is 14.6. The van der Waals surface area contributed by atoms with E-state index < -0.39 is 11.7 Å². The lowest BCUT2D eigenvalue weighted by molar-refractivity contribution is 0.102. The quantitative estimate of drug-likeness (QED) is 0.239. The van der Waals surface area contributed by atoms with E-state index in [9.17, 15) is 9.18 Å². The van der Waals surface area contributed by atoms with Crippen LogP contribution >= 0.6 is 11.3 Å². The summed E-state index contributed by atoms with van der Waals surface area (Å²) in [6, 6.07) is 7.70. The Bertz CT molecular complexity index is 1160. The number of hydrogen-bond donors (Lipinski definition) is 3. The second-order valence-corrected chi connectivity index (χ2v) is 8.46. The molecule has 0 unspecified atom stereocenters. The van der Waals surface area contributed by atoms with E-state index in [4.69, 9.17) is 11.7 Å². The molecule has 3 heterocycles. The van der Waals surface area contributed by atoms with E-state index in [2.05, 4.69) is 25.3 Å². The number of fused-ring (bicyclic) bond motifs is 1. The summed E-state index contributed by atoms with van der Waals surface area (Å²) < 4.78 is 15.4. The van der Waals surface area contributed by atoms with E-state index in [1.807, 2.05) is 13.8 Å². The number of hydrazine groups is 1. The maximum Gasteiger partial charge on any atom is 0.259 e. The molecule has 3 aromatic rings. The number of carbonyl (C=O) groups excluding carboxylic acids is 1. The number of halogens is 1. The number of rotatable bonds is 5. The zero-order valence-corrected chi connectivity index (χ0v) is 18.0. The Morgan fingerprint density at radius 2 is 2.13 bits per heavy atom. The molecule has 0 aliphatic carbocycles. The lowest BCUT2D eigenvalue weighted by Crippen LogP contribution is -2.44. The second-order valence-electron chi connectivity index (χ2n) is 7.45. The standard InChI is InChI=1S/C20H23FN8OS.H2/c1-11(2)29(23)18(27-22)14-5-3-6-17(24-14)26-19(30)12-9-16-15(10-13(12)21)25-20(31-16)28-7-4-8-28;/h3,5-6,9-11H,4,7-8,22-23H2,1-2H3,(H,24,26,30);1H/b27-18-;. The number of hydrazone groups is 1. The number of carbonyl (C=O) groups is 1. The minimum Gasteiger partial charge on any atom is -0.348 e. The van der Waals surface area contributed by atoms with Gasteiger partial charge in [-0.1, -0.05) is 17.4 Å². The number of nitrogens with two attached hydrogens (primary N) is 2. The van der Waals surface area contributed by atoms with Crippen molar-refractivity contribution in [2.75, 3.05) is 23.3 Å². The van der Waals surface area contributed by atoms with Gasteiger partial charge in [0.1, 0.15) is 17.3 Å². The van der Waals surface area contributed by atoms with E-state index >= 15 is 0 Å². The highest BCUT2D eigenvalue weighted by Gasteiger charge is 2.21. The summed E-state index contributed by atoms with van der Waals surface area (Å²) in [7, 11) is 0. The Labute approximate surface area is 184 Å². The largest absolute Gasteiger partial charge is 0.348 e. The number of pyridine rings is 1. The molecule has 1 aliphatic heterocycles. The summed E-state index contributed by atoms with van der Waals surface area (Å²) in [4.78, 5) is 23.7. The average molecular weight is 445 g/mol. The molecule has 0 spiro atoms. The Morgan fingerprint density at radius 1 is 1.35 bits per heavy atom. The summed E-state index contributed by atoms with van der Waals surface area (Å²) in [5.74, 6) is 10.7. The smallest absolute Gasteiger partial charge is 0.259 e. The molecular weight excluding hydrogens is 419 g/mol. The van der Waals surface area contributed by atoms with Gasteiger partial charge >= 0.3 is 0 Å². The molecule has 1 aliphatic rings. The summed E-state index contributed by atoms with van der Waals surface area (Å²) in [5.41, 5.74) is 0.851. The number of anilines is 2. The molecule has 11 heteroatoms. The lowest BCUT2D eigenvalue weighted by atomic mass is 10.2. The number of nitrogens with zero attached hydrogens (tertiary/aromatic N) is 5. The molecule has 0 saturated carbocycles. The van der Waals surface area contributed by atoms with Gasteiger partial charge in [0, 0.05) is 26.6 Å². The first-order valence-electron chi connectivity index (χ1n) is 9.83. The minimum atomic E-state index is -0.640. The normalized spacial score (nSPS) is 14.1. The molecule has 2 aromatic heterocycles. The van der Waals surface area contributed by atoms with Crippen molar-refractivity contribution in [1.82, 2.24) is 15.0 Å². The molecule has 31 heavy (non-hydrogen) atoms. The van der Waals surface area contributed by atoms with Crippen LogP contribution < -0.4 is 21.9 Å². The van der Waals surface area contributed by atoms with Crippen LogP contribution in [-0.4, -0.2) is 45.9 Å². The van der Waals surface area contributed by atoms with Crippen LogP contribution in [0.4, 0.5) is 15.3 Å². The number of amidine groups is 1. The number of amides is 1. The first-order valence-corrected chi connectivity index (χ1v) is 10.6. The van der Waals surface area contributed by atoms with Gasteiger partial charge in [0.15, 0.2) is 11.0 Å². The predicted molar refractivity (Wildman–Crippen MR) is 123 cm³/mol. The first kappa shape index (κ1) is 20.9. The van der Waals surface area contributed by atoms with Gasteiger partial charge in [-0.25, -0.2) is 20.2 Å². The van der Waals surface area contributed by atoms with Crippen LogP contribution in [0.15, 0.2) is 35.4 Å². The summed E-state index contributed by atoms with van der Waals surface area (Å²) in [6.07, 6.45) is 1.12. The third-order valence-electron chi connectivity index (χ3n) is 4.98. The number of hydrogen-bond acceptors (Lipinski definition) is 8. The van der Waals surface area contributed by atoms with Gasteiger partial charge in [0.2, 0.25) is 0 Å². The van der Waals surface area contributed by atoms with E-state index in [1.165, 1.54) is 28.5 Å². The molecule has 9 nitrogen and oxygen atoms in total. The monoisotopic (exact) mass is 444 g/mol. The minimum absolute atomic E-state index is 0. The van der Waals surface area contributed by atoms with Crippen molar-refractivity contribution in [2.45, 2.75) is 26.3 Å². The predicted octanol–water partition coefficient (Wildman–Crippen LogP) is 2.74. The van der Waals surface area contributed by atoms with E-state index in [0.717, 1.165) is 29.3 Å².